The highest BCUT2D eigenvalue weighted by Gasteiger charge is 2.16. The van der Waals surface area contributed by atoms with E-state index in [9.17, 15) is 13.3 Å². The Morgan fingerprint density at radius 2 is 2.03 bits per heavy atom. The molecule has 0 aliphatic carbocycles. The Balaban J connectivity index is 1.77. The van der Waals surface area contributed by atoms with Crippen molar-refractivity contribution in [2.45, 2.75) is 6.92 Å². The number of nitrogens with one attached hydrogen (secondary N) is 3. The number of halogens is 2. The molecule has 1 aromatic carbocycles. The molecule has 1 atom stereocenters. The Bertz CT molecular complexity index is 1330. The van der Waals surface area contributed by atoms with Crippen molar-refractivity contribution in [2.24, 2.45) is 7.05 Å². The van der Waals surface area contributed by atoms with Crippen LogP contribution >= 0.6 is 0 Å². The van der Waals surface area contributed by atoms with Crippen LogP contribution in [0.5, 0.6) is 0 Å². The van der Waals surface area contributed by atoms with Gasteiger partial charge in [0.1, 0.15) is 17.3 Å². The van der Waals surface area contributed by atoms with Crippen molar-refractivity contribution in [3.05, 3.63) is 89.7 Å². The van der Waals surface area contributed by atoms with Crippen LogP contribution in [0.3, 0.4) is 0 Å². The third kappa shape index (κ3) is 5.08. The van der Waals surface area contributed by atoms with E-state index in [0.29, 0.717) is 33.8 Å². The number of hydrogen-bond acceptors (Lipinski definition) is 6. The topological polar surface area (TPSA) is 102 Å². The highest BCUT2D eigenvalue weighted by molar-refractivity contribution is 7.92. The zero-order valence-corrected chi connectivity index (χ0v) is 19.3. The fourth-order valence-electron chi connectivity index (χ4n) is 3.47. The molecule has 0 spiro atoms. The Labute approximate surface area is 198 Å². The van der Waals surface area contributed by atoms with Gasteiger partial charge in [-0.25, -0.2) is 13.5 Å². The molecule has 10 heteroatoms. The summed E-state index contributed by atoms with van der Waals surface area (Å²) in [5.41, 5.74) is 4.37. The molecule has 174 valence electrons. The van der Waals surface area contributed by atoms with Gasteiger partial charge in [-0.2, -0.15) is 5.10 Å². The summed E-state index contributed by atoms with van der Waals surface area (Å²) in [5, 5.41) is 15.4. The number of rotatable bonds is 7. The van der Waals surface area contributed by atoms with E-state index in [4.69, 9.17) is 5.41 Å². The largest absolute Gasteiger partial charge is 0.593 e. The molecule has 2 aromatic heterocycles. The van der Waals surface area contributed by atoms with Gasteiger partial charge >= 0.3 is 0 Å². The first-order valence-electron chi connectivity index (χ1n) is 10.4. The molecule has 34 heavy (non-hydrogen) atoms. The summed E-state index contributed by atoms with van der Waals surface area (Å²) in [6.45, 7) is 1.77. The fourth-order valence-corrected chi connectivity index (χ4v) is 3.99. The van der Waals surface area contributed by atoms with Crippen LogP contribution in [0.4, 0.5) is 14.5 Å². The number of allylic oxidation sites excluding steroid dienone is 4. The lowest BCUT2D eigenvalue weighted by atomic mass is 9.97. The Kier molecular flexibility index (Phi) is 6.90. The number of hydrogen-bond donors (Lipinski definition) is 3. The van der Waals surface area contributed by atoms with E-state index in [1.807, 2.05) is 31.6 Å². The van der Waals surface area contributed by atoms with Crippen LogP contribution in [0, 0.1) is 17.0 Å². The van der Waals surface area contributed by atoms with Crippen LogP contribution in [-0.2, 0) is 18.4 Å². The monoisotopic (exact) mass is 480 g/mol. The van der Waals surface area contributed by atoms with Crippen molar-refractivity contribution >= 4 is 34.4 Å². The second-order valence-corrected chi connectivity index (χ2v) is 8.94. The molecule has 0 fully saturated rings. The molecule has 1 aliphatic heterocycles. The number of benzene rings is 1. The van der Waals surface area contributed by atoms with Gasteiger partial charge in [0, 0.05) is 59.7 Å². The molecule has 1 aliphatic rings. The summed E-state index contributed by atoms with van der Waals surface area (Å²) in [7, 11) is 1.84. The van der Waals surface area contributed by atoms with E-state index in [1.165, 1.54) is 6.21 Å². The quantitative estimate of drug-likeness (QED) is 0.343. The van der Waals surface area contributed by atoms with Gasteiger partial charge in [0.05, 0.1) is 29.4 Å². The maximum atomic E-state index is 14.5. The van der Waals surface area contributed by atoms with E-state index in [-0.39, 0.29) is 5.69 Å². The first-order chi connectivity index (χ1) is 16.4. The summed E-state index contributed by atoms with van der Waals surface area (Å²) in [6, 6.07) is 5.74. The van der Waals surface area contributed by atoms with Crippen LogP contribution in [-0.4, -0.2) is 31.3 Å². The number of nitrogens with zero attached hydrogens (tertiary/aromatic N) is 3. The molecule has 0 saturated carbocycles. The highest BCUT2D eigenvalue weighted by Crippen LogP contribution is 2.31. The van der Waals surface area contributed by atoms with E-state index < -0.39 is 23.0 Å². The van der Waals surface area contributed by atoms with Gasteiger partial charge in [0.2, 0.25) is 0 Å². The van der Waals surface area contributed by atoms with E-state index in [2.05, 4.69) is 20.1 Å². The molecule has 0 amide bonds. The van der Waals surface area contributed by atoms with Crippen molar-refractivity contribution in [3.63, 3.8) is 0 Å². The second kappa shape index (κ2) is 10.0. The Morgan fingerprint density at radius 1 is 1.21 bits per heavy atom. The number of anilines is 1. The van der Waals surface area contributed by atoms with Gasteiger partial charge in [-0.05, 0) is 36.8 Å². The minimum atomic E-state index is -1.35. The summed E-state index contributed by atoms with van der Waals surface area (Å²) >= 11 is -1.35. The van der Waals surface area contributed by atoms with Crippen molar-refractivity contribution in [2.75, 3.05) is 10.5 Å². The normalized spacial score (nSPS) is 15.4. The van der Waals surface area contributed by atoms with Crippen LogP contribution in [0.2, 0.25) is 0 Å². The number of dihydropyridines is 1. The summed E-state index contributed by atoms with van der Waals surface area (Å²) < 4.78 is 44.6. The maximum Gasteiger partial charge on any atom is 0.152 e. The molecule has 3 aromatic rings. The minimum absolute atomic E-state index is 0.0474. The van der Waals surface area contributed by atoms with E-state index in [1.54, 1.807) is 36.0 Å². The Hall–Kier alpha value is -3.76. The zero-order valence-electron chi connectivity index (χ0n) is 18.5. The molecular weight excluding hydrogens is 458 g/mol. The van der Waals surface area contributed by atoms with Crippen molar-refractivity contribution in [1.82, 2.24) is 20.1 Å². The molecule has 1 unspecified atom stereocenters. The van der Waals surface area contributed by atoms with Crippen LogP contribution in [0.1, 0.15) is 18.1 Å². The molecule has 7 nitrogen and oxygen atoms in total. The van der Waals surface area contributed by atoms with Crippen molar-refractivity contribution in [1.29, 1.82) is 5.41 Å². The Morgan fingerprint density at radius 3 is 2.65 bits per heavy atom. The molecule has 3 heterocycles. The van der Waals surface area contributed by atoms with Gasteiger partial charge in [0.15, 0.2) is 5.82 Å². The first kappa shape index (κ1) is 23.4. The van der Waals surface area contributed by atoms with Gasteiger partial charge in [-0.3, -0.25) is 9.67 Å². The third-order valence-electron chi connectivity index (χ3n) is 5.10. The standard InChI is InChI=1S/C24H22F2N6OS/c1-3-34(33)31-20-7-16(6-17(8-20)24-22(26)9-19(25)13-29-24)21(10-27)23-5-4-15(11-28-23)18-12-30-32(2)14-18/h4-14,27-28,31H,3H2,1-2H3/b23-21+,27-10?. The third-order valence-corrected chi connectivity index (χ3v) is 6.09. The number of pyridine rings is 1. The van der Waals surface area contributed by atoms with Gasteiger partial charge in [-0.15, -0.1) is 0 Å². The zero-order chi connectivity index (χ0) is 24.2. The average molecular weight is 481 g/mol. The predicted molar refractivity (Wildman–Crippen MR) is 131 cm³/mol. The van der Waals surface area contributed by atoms with Crippen LogP contribution in [0.25, 0.3) is 22.4 Å². The molecular formula is C24H22F2N6OS. The summed E-state index contributed by atoms with van der Waals surface area (Å²) in [6.07, 6.45) is 11.3. The highest BCUT2D eigenvalue weighted by atomic mass is 32.2. The second-order valence-electron chi connectivity index (χ2n) is 7.47. The maximum absolute atomic E-state index is 14.5. The first-order valence-corrected chi connectivity index (χ1v) is 11.7. The summed E-state index contributed by atoms with van der Waals surface area (Å²) in [4.78, 5) is 3.90. The SMILES string of the molecule is CC[S+]([O-])Nc1cc(/C(C=N)=C2\C=CC(c3cnn(C)c3)=CN2)cc(-c2ncc(F)cc2F)c1. The average Bonchev–Trinajstić information content (AvgIpc) is 3.26. The smallest absolute Gasteiger partial charge is 0.152 e. The lowest BCUT2D eigenvalue weighted by Gasteiger charge is -2.17. The molecule has 3 N–H and O–H groups in total. The van der Waals surface area contributed by atoms with Gasteiger partial charge in [0.25, 0.3) is 0 Å². The molecule has 4 rings (SSSR count). The predicted octanol–water partition coefficient (Wildman–Crippen LogP) is 4.42. The molecule has 0 radical (unpaired) electrons. The molecule has 0 saturated heterocycles. The van der Waals surface area contributed by atoms with Crippen molar-refractivity contribution < 1.29 is 13.3 Å². The van der Waals surface area contributed by atoms with Crippen molar-refractivity contribution in [3.8, 4) is 11.3 Å². The van der Waals surface area contributed by atoms with E-state index in [0.717, 1.165) is 23.4 Å². The molecule has 0 bridgehead atoms. The van der Waals surface area contributed by atoms with E-state index >= 15 is 0 Å². The fraction of sp³-hybridized carbons (Fsp3) is 0.125. The minimum Gasteiger partial charge on any atom is -0.593 e. The van der Waals surface area contributed by atoms with Gasteiger partial charge in [-0.1, -0.05) is 6.08 Å². The number of aryl methyl sites for hydroxylation is 1. The lowest BCUT2D eigenvalue weighted by Crippen LogP contribution is -2.15. The number of aromatic nitrogens is 3. The van der Waals surface area contributed by atoms with Crippen LogP contribution < -0.4 is 10.0 Å². The summed E-state index contributed by atoms with van der Waals surface area (Å²) in [5.74, 6) is -1.23. The van der Waals surface area contributed by atoms with Gasteiger partial charge < -0.3 is 15.3 Å². The lowest BCUT2D eigenvalue weighted by molar-refractivity contribution is 0.576. The van der Waals surface area contributed by atoms with Crippen LogP contribution in [0.15, 0.2) is 66.9 Å².